The maximum atomic E-state index is 8.25. The van der Waals surface area contributed by atoms with E-state index in [4.69, 9.17) is 5.26 Å². The summed E-state index contributed by atoms with van der Waals surface area (Å²) in [6, 6.07) is 7.40. The lowest BCUT2D eigenvalue weighted by Gasteiger charge is -1.75. The van der Waals surface area contributed by atoms with Crippen LogP contribution in [0.2, 0.25) is 0 Å². The lowest BCUT2D eigenvalue weighted by atomic mass is 10.3. The Morgan fingerprint density at radius 2 is 1.75 bits per heavy atom. The summed E-state index contributed by atoms with van der Waals surface area (Å²) < 4.78 is 0. The van der Waals surface area contributed by atoms with E-state index in [2.05, 4.69) is 15.0 Å². The van der Waals surface area contributed by atoms with E-state index >= 15 is 0 Å². The standard InChI is InChI=1S/C8H4N4/c9-5-10-8-11-6-3-1-2-4-7(6)12-8/h1-4H. The average Bonchev–Trinajstić information content (AvgIpc) is 2.47. The fourth-order valence-corrected chi connectivity index (χ4v) is 0.988. The minimum Gasteiger partial charge on any atom is -0.209 e. The molecule has 1 heterocycles. The first-order valence-electron chi connectivity index (χ1n) is 3.39. The fraction of sp³-hybridized carbons (Fsp3) is 0. The summed E-state index contributed by atoms with van der Waals surface area (Å²) in [6.07, 6.45) is 1.64. The van der Waals surface area contributed by atoms with Gasteiger partial charge in [0.1, 0.15) is 0 Å². The molecular formula is C8H4N4. The van der Waals surface area contributed by atoms with Gasteiger partial charge in [-0.25, -0.2) is 9.98 Å². The second kappa shape index (κ2) is 2.55. The highest BCUT2D eigenvalue weighted by Gasteiger charge is 2.00. The molecule has 0 amide bonds. The van der Waals surface area contributed by atoms with E-state index < -0.39 is 0 Å². The van der Waals surface area contributed by atoms with E-state index in [-0.39, 0.29) is 5.96 Å². The van der Waals surface area contributed by atoms with Crippen LogP contribution in [-0.2, 0) is 0 Å². The third kappa shape index (κ3) is 0.974. The zero-order valence-electron chi connectivity index (χ0n) is 6.10. The number of benzene rings is 1. The minimum atomic E-state index is 0.235. The Labute approximate surface area is 68.2 Å². The van der Waals surface area contributed by atoms with E-state index in [9.17, 15) is 0 Å². The molecule has 1 aliphatic heterocycles. The summed E-state index contributed by atoms with van der Waals surface area (Å²) in [6.45, 7) is 0. The first kappa shape index (κ1) is 6.68. The van der Waals surface area contributed by atoms with Crippen molar-refractivity contribution in [2.24, 2.45) is 15.0 Å². The Kier molecular flexibility index (Phi) is 1.42. The molecule has 4 nitrogen and oxygen atoms in total. The van der Waals surface area contributed by atoms with Crippen LogP contribution < -0.4 is 10.7 Å². The molecule has 1 aromatic rings. The van der Waals surface area contributed by atoms with Crippen molar-refractivity contribution in [3.05, 3.63) is 35.0 Å². The smallest absolute Gasteiger partial charge is 0.209 e. The molecule has 0 unspecified atom stereocenters. The lowest BCUT2D eigenvalue weighted by molar-refractivity contribution is 1.37. The van der Waals surface area contributed by atoms with Crippen LogP contribution in [0.3, 0.4) is 0 Å². The normalized spacial score (nSPS) is 12.4. The molecule has 0 atom stereocenters. The van der Waals surface area contributed by atoms with E-state index in [1.807, 2.05) is 24.3 Å². The second-order valence-electron chi connectivity index (χ2n) is 2.22. The fourth-order valence-electron chi connectivity index (χ4n) is 0.988. The van der Waals surface area contributed by atoms with Crippen LogP contribution in [0.25, 0.3) is 0 Å². The number of nitrogens with zero attached hydrogens (tertiary/aromatic N) is 4. The largest absolute Gasteiger partial charge is 0.261 e. The summed E-state index contributed by atoms with van der Waals surface area (Å²) in [5.41, 5.74) is 0. The Morgan fingerprint density at radius 3 is 2.25 bits per heavy atom. The van der Waals surface area contributed by atoms with Gasteiger partial charge in [0, 0.05) is 0 Å². The topological polar surface area (TPSA) is 60.9 Å². The molecule has 0 N–H and O–H groups in total. The van der Waals surface area contributed by atoms with Crippen LogP contribution in [0, 0.1) is 11.5 Å². The monoisotopic (exact) mass is 156 g/mol. The van der Waals surface area contributed by atoms with E-state index in [0.29, 0.717) is 0 Å². The number of guanidine groups is 1. The summed E-state index contributed by atoms with van der Waals surface area (Å²) in [7, 11) is 0. The van der Waals surface area contributed by atoms with E-state index in [1.54, 1.807) is 6.19 Å². The van der Waals surface area contributed by atoms with Crippen LogP contribution in [0.15, 0.2) is 39.2 Å². The summed E-state index contributed by atoms with van der Waals surface area (Å²) in [5.74, 6) is 0.235. The molecule has 0 radical (unpaired) electrons. The zero-order chi connectivity index (χ0) is 8.39. The molecule has 0 spiro atoms. The SMILES string of the molecule is N#CN=C1N=c2ccccc2=N1. The van der Waals surface area contributed by atoms with Crippen molar-refractivity contribution in [2.45, 2.75) is 0 Å². The number of para-hydroxylation sites is 2. The number of hydrogen-bond donors (Lipinski definition) is 0. The Balaban J connectivity index is 2.70. The van der Waals surface area contributed by atoms with Gasteiger partial charge in [0.05, 0.1) is 10.7 Å². The second-order valence-corrected chi connectivity index (χ2v) is 2.22. The molecule has 1 aromatic carbocycles. The van der Waals surface area contributed by atoms with Gasteiger partial charge >= 0.3 is 0 Å². The van der Waals surface area contributed by atoms with Gasteiger partial charge in [-0.05, 0) is 12.1 Å². The molecule has 0 saturated carbocycles. The van der Waals surface area contributed by atoms with Crippen LogP contribution in [-0.4, -0.2) is 5.96 Å². The summed E-state index contributed by atoms with van der Waals surface area (Å²) >= 11 is 0. The number of hydrogen-bond acceptors (Lipinski definition) is 2. The highest BCUT2D eigenvalue weighted by molar-refractivity contribution is 5.83. The molecule has 4 heteroatoms. The Bertz CT molecular complexity index is 456. The Morgan fingerprint density at radius 1 is 1.17 bits per heavy atom. The van der Waals surface area contributed by atoms with Gasteiger partial charge in [-0.1, -0.05) is 12.1 Å². The van der Waals surface area contributed by atoms with Crippen LogP contribution in [0.5, 0.6) is 0 Å². The Hall–Kier alpha value is -2.02. The van der Waals surface area contributed by atoms with Crippen LogP contribution >= 0.6 is 0 Å². The van der Waals surface area contributed by atoms with Gasteiger partial charge < -0.3 is 0 Å². The van der Waals surface area contributed by atoms with Gasteiger partial charge in [-0.15, -0.1) is 4.99 Å². The highest BCUT2D eigenvalue weighted by atomic mass is 15.1. The number of nitriles is 1. The van der Waals surface area contributed by atoms with Gasteiger partial charge in [0.25, 0.3) is 5.96 Å². The highest BCUT2D eigenvalue weighted by Crippen LogP contribution is 1.85. The average molecular weight is 156 g/mol. The number of aliphatic imine (C=N–C) groups is 1. The van der Waals surface area contributed by atoms with Crippen molar-refractivity contribution < 1.29 is 0 Å². The third-order valence-corrected chi connectivity index (χ3v) is 1.47. The first-order chi connectivity index (χ1) is 5.90. The van der Waals surface area contributed by atoms with Crippen LogP contribution in [0.1, 0.15) is 0 Å². The van der Waals surface area contributed by atoms with Crippen molar-refractivity contribution in [1.82, 2.24) is 0 Å². The van der Waals surface area contributed by atoms with Crippen molar-refractivity contribution in [2.75, 3.05) is 0 Å². The number of fused-ring (bicyclic) bond motifs is 1. The van der Waals surface area contributed by atoms with Gasteiger partial charge in [-0.3, -0.25) is 0 Å². The molecule has 56 valence electrons. The van der Waals surface area contributed by atoms with Crippen LogP contribution in [0.4, 0.5) is 0 Å². The minimum absolute atomic E-state index is 0.235. The van der Waals surface area contributed by atoms with Gasteiger partial charge in [0.2, 0.25) is 6.19 Å². The van der Waals surface area contributed by atoms with Crippen molar-refractivity contribution >= 4 is 5.96 Å². The molecular weight excluding hydrogens is 152 g/mol. The molecule has 0 saturated heterocycles. The van der Waals surface area contributed by atoms with Gasteiger partial charge in [0.15, 0.2) is 0 Å². The molecule has 0 bridgehead atoms. The zero-order valence-corrected chi connectivity index (χ0v) is 6.10. The maximum Gasteiger partial charge on any atom is 0.261 e. The van der Waals surface area contributed by atoms with E-state index in [0.717, 1.165) is 10.7 Å². The molecule has 12 heavy (non-hydrogen) atoms. The molecule has 1 aliphatic rings. The summed E-state index contributed by atoms with van der Waals surface area (Å²) in [5, 5.41) is 9.79. The van der Waals surface area contributed by atoms with Crippen molar-refractivity contribution in [3.63, 3.8) is 0 Å². The quantitative estimate of drug-likeness (QED) is 0.479. The van der Waals surface area contributed by atoms with E-state index in [1.165, 1.54) is 0 Å². The predicted molar refractivity (Wildman–Crippen MR) is 41.8 cm³/mol. The lowest BCUT2D eigenvalue weighted by Crippen LogP contribution is -2.19. The molecule has 0 aliphatic carbocycles. The molecule has 0 fully saturated rings. The first-order valence-corrected chi connectivity index (χ1v) is 3.39. The summed E-state index contributed by atoms with van der Waals surface area (Å²) in [4.78, 5) is 11.4. The predicted octanol–water partition coefficient (Wildman–Crippen LogP) is -0.224. The molecule has 0 aromatic heterocycles. The van der Waals surface area contributed by atoms with Crippen molar-refractivity contribution in [3.8, 4) is 6.19 Å². The van der Waals surface area contributed by atoms with Crippen molar-refractivity contribution in [1.29, 1.82) is 5.26 Å². The maximum absolute atomic E-state index is 8.25. The third-order valence-electron chi connectivity index (χ3n) is 1.47. The number of rotatable bonds is 0. The molecule has 2 rings (SSSR count). The van der Waals surface area contributed by atoms with Gasteiger partial charge in [-0.2, -0.15) is 5.26 Å².